The molecular weight excluding hydrogens is 584 g/mol. The number of fused-ring (bicyclic) bond motifs is 3. The van der Waals surface area contributed by atoms with Gasteiger partial charge in [0.05, 0.1) is 23.3 Å². The van der Waals surface area contributed by atoms with Crippen LogP contribution in [0.1, 0.15) is 42.4 Å². The van der Waals surface area contributed by atoms with Gasteiger partial charge in [-0.05, 0) is 74.4 Å². The Hall–Kier alpha value is -3.74. The van der Waals surface area contributed by atoms with E-state index in [1.54, 1.807) is 0 Å². The summed E-state index contributed by atoms with van der Waals surface area (Å²) in [6, 6.07) is 12.1. The quantitative estimate of drug-likeness (QED) is 0.316. The molecule has 1 amide bonds. The molecule has 3 saturated heterocycles. The Labute approximate surface area is 260 Å². The van der Waals surface area contributed by atoms with Gasteiger partial charge in [0.1, 0.15) is 24.4 Å². The summed E-state index contributed by atoms with van der Waals surface area (Å²) in [6.07, 6.45) is 4.40. The van der Waals surface area contributed by atoms with Crippen molar-refractivity contribution in [2.75, 3.05) is 38.2 Å². The predicted octanol–water partition coefficient (Wildman–Crippen LogP) is 6.00. The summed E-state index contributed by atoms with van der Waals surface area (Å²) in [5.74, 6) is -1.46. The highest BCUT2D eigenvalue weighted by Crippen LogP contribution is 2.46. The average Bonchev–Trinajstić information content (AvgIpc) is 3.51. The first-order valence-electron chi connectivity index (χ1n) is 15.3. The van der Waals surface area contributed by atoms with Gasteiger partial charge in [-0.2, -0.15) is 5.26 Å². The number of likely N-dealkylation sites (tertiary alicyclic amines) is 2. The summed E-state index contributed by atoms with van der Waals surface area (Å²) in [4.78, 5) is 22.9. The molecule has 3 fully saturated rings. The number of nitriles is 1. The van der Waals surface area contributed by atoms with Crippen molar-refractivity contribution in [1.82, 2.24) is 14.8 Å². The molecule has 10 heteroatoms. The fourth-order valence-electron chi connectivity index (χ4n) is 7.66. The molecule has 44 heavy (non-hydrogen) atoms. The second-order valence-corrected chi connectivity index (χ2v) is 12.9. The lowest BCUT2D eigenvalue weighted by Gasteiger charge is -2.48. The van der Waals surface area contributed by atoms with E-state index in [-0.39, 0.29) is 36.2 Å². The van der Waals surface area contributed by atoms with E-state index in [1.807, 2.05) is 24.1 Å². The number of carbonyl (C=O) groups is 1. The largest absolute Gasteiger partial charge is 0.475 e. The maximum atomic E-state index is 14.1. The first kappa shape index (κ1) is 29.0. The van der Waals surface area contributed by atoms with E-state index in [2.05, 4.69) is 35.7 Å². The van der Waals surface area contributed by atoms with Crippen molar-refractivity contribution in [3.63, 3.8) is 0 Å². The third-order valence-corrected chi connectivity index (χ3v) is 10.2. The SMILES string of the molecule is C=C(F)C(=O)N1CC[C@@H]2[C@H]1CN2c1c(C#N)c(OC[C@@H]2C[C@@H](F)CN2C)nc2cc(-c3cccc4c3CCCC4)c(Cl)cc12. The number of benzene rings is 2. The maximum absolute atomic E-state index is 14.1. The van der Waals surface area contributed by atoms with Gasteiger partial charge in [-0.3, -0.25) is 9.69 Å². The third kappa shape index (κ3) is 4.79. The highest BCUT2D eigenvalue weighted by atomic mass is 35.5. The van der Waals surface area contributed by atoms with Gasteiger partial charge in [0.2, 0.25) is 5.88 Å². The summed E-state index contributed by atoms with van der Waals surface area (Å²) in [7, 11) is 1.87. The molecule has 1 aromatic heterocycles. The van der Waals surface area contributed by atoms with Gasteiger partial charge in [-0.15, -0.1) is 0 Å². The van der Waals surface area contributed by atoms with Crippen molar-refractivity contribution in [1.29, 1.82) is 5.26 Å². The molecule has 2 aromatic carbocycles. The number of aryl methyl sites for hydroxylation is 1. The monoisotopic (exact) mass is 617 g/mol. The van der Waals surface area contributed by atoms with Crippen LogP contribution in [-0.4, -0.2) is 78.3 Å². The zero-order chi connectivity index (χ0) is 30.7. The Morgan fingerprint density at radius 1 is 1.20 bits per heavy atom. The number of halogens is 3. The van der Waals surface area contributed by atoms with Crippen molar-refractivity contribution in [3.05, 3.63) is 64.5 Å². The van der Waals surface area contributed by atoms with Crippen LogP contribution in [0.3, 0.4) is 0 Å². The van der Waals surface area contributed by atoms with Gasteiger partial charge in [-0.1, -0.05) is 36.4 Å². The van der Waals surface area contributed by atoms with Gasteiger partial charge < -0.3 is 14.5 Å². The lowest BCUT2D eigenvalue weighted by molar-refractivity contribution is -0.130. The first-order valence-corrected chi connectivity index (χ1v) is 15.7. The number of hydrogen-bond donors (Lipinski definition) is 0. The van der Waals surface area contributed by atoms with Crippen LogP contribution in [0.25, 0.3) is 22.0 Å². The Bertz CT molecular complexity index is 1720. The molecule has 7 rings (SSSR count). The summed E-state index contributed by atoms with van der Waals surface area (Å²) >= 11 is 7.04. The molecule has 0 saturated carbocycles. The lowest BCUT2D eigenvalue weighted by Crippen LogP contribution is -2.63. The summed E-state index contributed by atoms with van der Waals surface area (Å²) in [5, 5.41) is 11.8. The van der Waals surface area contributed by atoms with Gasteiger partial charge in [0.25, 0.3) is 5.91 Å². The Kier molecular flexibility index (Phi) is 7.46. The lowest BCUT2D eigenvalue weighted by atomic mass is 9.85. The topological polar surface area (TPSA) is 72.7 Å². The van der Waals surface area contributed by atoms with Crippen LogP contribution in [0.15, 0.2) is 42.7 Å². The second kappa shape index (κ2) is 11.3. The first-order chi connectivity index (χ1) is 21.2. The van der Waals surface area contributed by atoms with Crippen molar-refractivity contribution in [2.24, 2.45) is 0 Å². The molecular formula is C34H34ClF2N5O2. The minimum Gasteiger partial charge on any atom is -0.475 e. The fraction of sp³-hybridized carbons (Fsp3) is 0.441. The number of ether oxygens (including phenoxy) is 1. The standard InChI is InChI=1S/C34H34ClF2N5O2/c1-19(36)34(43)41-11-10-30-31(41)17-42(30)32-26-13-28(35)25(24-9-5-7-20-6-3-4-8-23(20)24)14-29(26)39-33(27(32)15-38)44-18-22-12-21(37)16-40(22)2/h5,7,9,13-14,21-22,30-31H,1,3-4,6,8,10-12,16-18H2,2H3/t21-,22+,30-,31-/m1/s1. The highest BCUT2D eigenvalue weighted by Gasteiger charge is 2.50. The zero-order valence-electron chi connectivity index (χ0n) is 24.7. The minimum absolute atomic E-state index is 0.100. The third-order valence-electron chi connectivity index (χ3n) is 9.94. The van der Waals surface area contributed by atoms with E-state index in [0.29, 0.717) is 54.1 Å². The van der Waals surface area contributed by atoms with Crippen molar-refractivity contribution in [3.8, 4) is 23.1 Å². The Morgan fingerprint density at radius 3 is 2.77 bits per heavy atom. The number of aromatic nitrogens is 1. The van der Waals surface area contributed by atoms with Gasteiger partial charge in [0, 0.05) is 41.6 Å². The minimum atomic E-state index is -0.971. The van der Waals surface area contributed by atoms with E-state index < -0.39 is 17.9 Å². The van der Waals surface area contributed by atoms with Gasteiger partial charge in [-0.25, -0.2) is 13.8 Å². The fourth-order valence-corrected chi connectivity index (χ4v) is 7.92. The van der Waals surface area contributed by atoms with Crippen LogP contribution in [0.2, 0.25) is 5.02 Å². The summed E-state index contributed by atoms with van der Waals surface area (Å²) in [6.45, 7) is 4.57. The van der Waals surface area contributed by atoms with Crippen LogP contribution < -0.4 is 9.64 Å². The highest BCUT2D eigenvalue weighted by molar-refractivity contribution is 6.34. The molecule has 0 radical (unpaired) electrons. The van der Waals surface area contributed by atoms with E-state index >= 15 is 0 Å². The van der Waals surface area contributed by atoms with Crippen LogP contribution in [-0.2, 0) is 17.6 Å². The van der Waals surface area contributed by atoms with E-state index in [1.165, 1.54) is 22.4 Å². The molecule has 4 atom stereocenters. The van der Waals surface area contributed by atoms with E-state index in [4.69, 9.17) is 21.3 Å². The molecule has 228 valence electrons. The van der Waals surface area contributed by atoms with Crippen LogP contribution in [0.4, 0.5) is 14.5 Å². The van der Waals surface area contributed by atoms with Gasteiger partial charge in [0.15, 0.2) is 5.83 Å². The molecule has 1 aliphatic carbocycles. The summed E-state index contributed by atoms with van der Waals surface area (Å²) < 4.78 is 34.1. The Balaban J connectivity index is 1.33. The smallest absolute Gasteiger partial charge is 0.282 e. The van der Waals surface area contributed by atoms with E-state index in [0.717, 1.165) is 30.4 Å². The zero-order valence-corrected chi connectivity index (χ0v) is 25.4. The van der Waals surface area contributed by atoms with Crippen molar-refractivity contribution in [2.45, 2.75) is 62.8 Å². The van der Waals surface area contributed by atoms with Crippen LogP contribution >= 0.6 is 11.6 Å². The predicted molar refractivity (Wildman–Crippen MR) is 166 cm³/mol. The number of amides is 1. The number of nitrogens with zero attached hydrogens (tertiary/aromatic N) is 5. The van der Waals surface area contributed by atoms with Crippen LogP contribution in [0, 0.1) is 11.3 Å². The summed E-state index contributed by atoms with van der Waals surface area (Å²) in [5.41, 5.74) is 6.18. The number of likely N-dealkylation sites (N-methyl/N-ethyl adjacent to an activating group) is 1. The molecule has 0 N–H and O–H groups in total. The Morgan fingerprint density at radius 2 is 2.02 bits per heavy atom. The number of pyridine rings is 1. The number of hydrogen-bond acceptors (Lipinski definition) is 6. The number of anilines is 1. The average molecular weight is 618 g/mol. The molecule has 0 unspecified atom stereocenters. The van der Waals surface area contributed by atoms with Crippen LogP contribution in [0.5, 0.6) is 5.88 Å². The maximum Gasteiger partial charge on any atom is 0.282 e. The van der Waals surface area contributed by atoms with E-state index in [9.17, 15) is 18.8 Å². The van der Waals surface area contributed by atoms with Crippen molar-refractivity contribution < 1.29 is 18.3 Å². The molecule has 0 spiro atoms. The molecule has 4 heterocycles. The molecule has 3 aliphatic heterocycles. The number of alkyl halides is 1. The molecule has 4 aliphatic rings. The molecule has 0 bridgehead atoms. The number of rotatable bonds is 6. The van der Waals surface area contributed by atoms with Gasteiger partial charge >= 0.3 is 0 Å². The molecule has 3 aromatic rings. The second-order valence-electron chi connectivity index (χ2n) is 12.5. The van der Waals surface area contributed by atoms with Crippen molar-refractivity contribution >= 4 is 34.1 Å². The number of carbonyl (C=O) groups excluding carboxylic acids is 1. The molecule has 7 nitrogen and oxygen atoms in total. The normalized spacial score (nSPS) is 24.5.